The van der Waals surface area contributed by atoms with Crippen molar-refractivity contribution in [1.29, 1.82) is 0 Å². The first kappa shape index (κ1) is 32.0. The molecule has 244 valence electrons. The summed E-state index contributed by atoms with van der Waals surface area (Å²) < 4.78 is 74.5. The number of rotatable bonds is 4. The Hall–Kier alpha value is -4.91. The average molecular weight is 665 g/mol. The van der Waals surface area contributed by atoms with E-state index < -0.39 is 44.2 Å². The van der Waals surface area contributed by atoms with E-state index >= 15 is 0 Å². The standard InChI is InChI=1S/C34H31F3N4O5S/c1-20-6-5-7-24(16-20)47(44,45)31-30-25-10-9-23(18-28(25)39-27(30)13-15-41(31)32(43)46-33(2,3)4)40-14-12-21(17-29(40)42)26-11-8-22(19-38-26)34(35,36)37/h5-12,14,16-19,31,39H,13,15H2,1-4H3. The predicted octanol–water partition coefficient (Wildman–Crippen LogP) is 6.97. The van der Waals surface area contributed by atoms with Crippen LogP contribution in [0, 0.1) is 6.92 Å². The fourth-order valence-electron chi connectivity index (χ4n) is 5.73. The number of carbonyl (C=O) groups excluding carboxylic acids is 1. The molecule has 0 spiro atoms. The van der Waals surface area contributed by atoms with Crippen LogP contribution >= 0.6 is 0 Å². The maximum atomic E-state index is 14.3. The molecule has 13 heteroatoms. The van der Waals surface area contributed by atoms with Crippen molar-refractivity contribution < 1.29 is 31.1 Å². The highest BCUT2D eigenvalue weighted by atomic mass is 32.2. The van der Waals surface area contributed by atoms with Gasteiger partial charge >= 0.3 is 12.3 Å². The molecule has 1 amide bonds. The second-order valence-corrected chi connectivity index (χ2v) is 14.4. The van der Waals surface area contributed by atoms with E-state index in [1.54, 1.807) is 70.2 Å². The Morgan fingerprint density at radius 3 is 2.43 bits per heavy atom. The van der Waals surface area contributed by atoms with Crippen LogP contribution < -0.4 is 5.56 Å². The molecule has 1 N–H and O–H groups in total. The van der Waals surface area contributed by atoms with Gasteiger partial charge in [-0.1, -0.05) is 18.2 Å². The van der Waals surface area contributed by atoms with Gasteiger partial charge < -0.3 is 9.72 Å². The van der Waals surface area contributed by atoms with Gasteiger partial charge in [0.15, 0.2) is 5.37 Å². The zero-order valence-electron chi connectivity index (χ0n) is 25.9. The summed E-state index contributed by atoms with van der Waals surface area (Å²) in [5.41, 5.74) is 1.23. The Balaban J connectivity index is 1.41. The summed E-state index contributed by atoms with van der Waals surface area (Å²) in [6.45, 7) is 7.03. The van der Waals surface area contributed by atoms with E-state index in [4.69, 9.17) is 4.74 Å². The maximum absolute atomic E-state index is 14.3. The number of aryl methyl sites for hydroxylation is 1. The quantitative estimate of drug-likeness (QED) is 0.222. The molecule has 2 aromatic carbocycles. The molecule has 0 aliphatic carbocycles. The van der Waals surface area contributed by atoms with Crippen LogP contribution in [-0.2, 0) is 27.2 Å². The summed E-state index contributed by atoms with van der Waals surface area (Å²) in [6.07, 6.45) is -2.71. The molecule has 5 aromatic rings. The number of fused-ring (bicyclic) bond motifs is 3. The van der Waals surface area contributed by atoms with Gasteiger partial charge in [0.2, 0.25) is 9.84 Å². The monoisotopic (exact) mass is 664 g/mol. The lowest BCUT2D eigenvalue weighted by Gasteiger charge is -2.36. The van der Waals surface area contributed by atoms with E-state index in [0.29, 0.717) is 39.8 Å². The van der Waals surface area contributed by atoms with Crippen LogP contribution in [0.4, 0.5) is 18.0 Å². The Labute approximate surface area is 268 Å². The molecule has 9 nitrogen and oxygen atoms in total. The molecule has 3 aromatic heterocycles. The highest BCUT2D eigenvalue weighted by Crippen LogP contribution is 2.42. The van der Waals surface area contributed by atoms with Crippen LogP contribution in [0.15, 0.2) is 88.8 Å². The van der Waals surface area contributed by atoms with E-state index in [-0.39, 0.29) is 17.1 Å². The van der Waals surface area contributed by atoms with Crippen LogP contribution in [0.1, 0.15) is 48.5 Å². The van der Waals surface area contributed by atoms with E-state index in [1.165, 1.54) is 33.9 Å². The van der Waals surface area contributed by atoms with Gasteiger partial charge in [-0.2, -0.15) is 13.2 Å². The number of ether oxygens (including phenoxy) is 1. The van der Waals surface area contributed by atoms with Crippen molar-refractivity contribution in [2.24, 2.45) is 0 Å². The molecule has 0 radical (unpaired) electrons. The third-order valence-corrected chi connectivity index (χ3v) is 9.85. The summed E-state index contributed by atoms with van der Waals surface area (Å²) in [5, 5.41) is -0.808. The predicted molar refractivity (Wildman–Crippen MR) is 170 cm³/mol. The number of amides is 1. The summed E-state index contributed by atoms with van der Waals surface area (Å²) >= 11 is 0. The smallest absolute Gasteiger partial charge is 0.417 e. The van der Waals surface area contributed by atoms with Crippen molar-refractivity contribution in [3.05, 3.63) is 112 Å². The average Bonchev–Trinajstić information content (AvgIpc) is 3.37. The SMILES string of the molecule is Cc1cccc(S(=O)(=O)C2c3c([nH]c4cc(-n5ccc(-c6ccc(C(F)(F)F)cn6)cc5=O)ccc34)CCN2C(=O)OC(C)(C)C)c1. The first-order valence-corrected chi connectivity index (χ1v) is 16.3. The topological polar surface area (TPSA) is 114 Å². The molecule has 0 fully saturated rings. The van der Waals surface area contributed by atoms with Crippen LogP contribution in [0.2, 0.25) is 0 Å². The van der Waals surface area contributed by atoms with Crippen LogP contribution in [-0.4, -0.2) is 46.1 Å². The Bertz CT molecular complexity index is 2180. The molecule has 0 saturated heterocycles. The van der Waals surface area contributed by atoms with E-state index in [0.717, 1.165) is 17.8 Å². The molecular formula is C34H31F3N4O5S. The first-order chi connectivity index (χ1) is 22.0. The van der Waals surface area contributed by atoms with Crippen molar-refractivity contribution >= 4 is 26.8 Å². The molecule has 47 heavy (non-hydrogen) atoms. The van der Waals surface area contributed by atoms with Gasteiger partial charge in [0, 0.05) is 59.1 Å². The van der Waals surface area contributed by atoms with Gasteiger partial charge in [0.1, 0.15) is 5.60 Å². The Morgan fingerprint density at radius 1 is 1.02 bits per heavy atom. The molecule has 4 heterocycles. The van der Waals surface area contributed by atoms with Gasteiger partial charge in [0.25, 0.3) is 5.56 Å². The van der Waals surface area contributed by atoms with Crippen LogP contribution in [0.5, 0.6) is 0 Å². The molecular weight excluding hydrogens is 633 g/mol. The van der Waals surface area contributed by atoms with Gasteiger partial charge in [-0.25, -0.2) is 13.2 Å². The van der Waals surface area contributed by atoms with E-state index in [1.807, 2.05) is 0 Å². The lowest BCUT2D eigenvalue weighted by Crippen LogP contribution is -2.45. The number of halogens is 3. The Morgan fingerprint density at radius 2 is 1.79 bits per heavy atom. The van der Waals surface area contributed by atoms with Gasteiger partial charge in [0.05, 0.1) is 21.8 Å². The summed E-state index contributed by atoms with van der Waals surface area (Å²) in [6, 6.07) is 16.6. The summed E-state index contributed by atoms with van der Waals surface area (Å²) in [4.78, 5) is 35.1. The number of hydrogen-bond donors (Lipinski definition) is 1. The highest BCUT2D eigenvalue weighted by molar-refractivity contribution is 7.91. The van der Waals surface area contributed by atoms with Crippen molar-refractivity contribution in [2.75, 3.05) is 6.54 Å². The van der Waals surface area contributed by atoms with E-state index in [2.05, 4.69) is 9.97 Å². The van der Waals surface area contributed by atoms with Gasteiger partial charge in [-0.3, -0.25) is 19.2 Å². The highest BCUT2D eigenvalue weighted by Gasteiger charge is 2.44. The molecule has 0 bridgehead atoms. The van der Waals surface area contributed by atoms with Crippen molar-refractivity contribution in [1.82, 2.24) is 19.4 Å². The number of alkyl halides is 3. The Kier molecular flexibility index (Phi) is 7.78. The minimum atomic E-state index is -4.52. The molecule has 0 saturated carbocycles. The maximum Gasteiger partial charge on any atom is 0.417 e. The number of aromatic nitrogens is 3. The number of sulfone groups is 1. The zero-order valence-corrected chi connectivity index (χ0v) is 26.7. The molecule has 1 aliphatic rings. The molecule has 6 rings (SSSR count). The summed E-state index contributed by atoms with van der Waals surface area (Å²) in [7, 11) is -4.14. The van der Waals surface area contributed by atoms with Crippen molar-refractivity contribution in [3.8, 4) is 16.9 Å². The normalized spacial score (nSPS) is 15.5. The fraction of sp³-hybridized carbons (Fsp3) is 0.265. The molecule has 1 aliphatic heterocycles. The van der Waals surface area contributed by atoms with E-state index in [9.17, 15) is 31.2 Å². The number of hydrogen-bond acceptors (Lipinski definition) is 6. The third kappa shape index (κ3) is 6.14. The second-order valence-electron chi connectivity index (χ2n) is 12.4. The number of nitrogens with zero attached hydrogens (tertiary/aromatic N) is 3. The minimum Gasteiger partial charge on any atom is -0.444 e. The zero-order chi connectivity index (χ0) is 33.9. The third-order valence-electron chi connectivity index (χ3n) is 7.86. The fourth-order valence-corrected chi connectivity index (χ4v) is 7.72. The van der Waals surface area contributed by atoms with Crippen LogP contribution in [0.3, 0.4) is 0 Å². The number of carbonyl (C=O) groups is 1. The number of nitrogens with one attached hydrogen (secondary N) is 1. The largest absolute Gasteiger partial charge is 0.444 e. The van der Waals surface area contributed by atoms with Crippen LogP contribution in [0.25, 0.3) is 27.8 Å². The molecule has 1 atom stereocenters. The minimum absolute atomic E-state index is 0.0732. The summed E-state index contributed by atoms with van der Waals surface area (Å²) in [5.74, 6) is 0. The van der Waals surface area contributed by atoms with Crippen molar-refractivity contribution in [2.45, 2.75) is 56.2 Å². The van der Waals surface area contributed by atoms with Gasteiger partial charge in [-0.05, 0) is 75.7 Å². The number of aromatic amines is 1. The first-order valence-electron chi connectivity index (χ1n) is 14.7. The molecule has 1 unspecified atom stereocenters. The van der Waals surface area contributed by atoms with Gasteiger partial charge in [-0.15, -0.1) is 0 Å². The van der Waals surface area contributed by atoms with Crippen molar-refractivity contribution in [3.63, 3.8) is 0 Å². The second kappa shape index (κ2) is 11.4. The number of benzene rings is 2. The number of H-pyrrole nitrogens is 1. The lowest BCUT2D eigenvalue weighted by atomic mass is 10.0. The lowest BCUT2D eigenvalue weighted by molar-refractivity contribution is -0.137. The number of pyridine rings is 2.